The Kier molecular flexibility index (Phi) is 4.15. The van der Waals surface area contributed by atoms with E-state index in [4.69, 9.17) is 9.26 Å². The van der Waals surface area contributed by atoms with E-state index < -0.39 is 6.10 Å². The Bertz CT molecular complexity index is 875. The molecule has 1 aromatic carbocycles. The van der Waals surface area contributed by atoms with Crippen molar-refractivity contribution in [3.8, 4) is 16.4 Å². The standard InChI is InChI=1S/C18H17N3O3S/c1-19-18(22)16-11-21(13-5-2-3-6-14(13)23-16)10-12-9-15(24-20-12)17-7-4-8-25-17/h2-9,16H,10-11H2,1H3,(H,19,22)/t16-/m1/s1. The topological polar surface area (TPSA) is 67.6 Å². The van der Waals surface area contributed by atoms with Crippen LogP contribution in [0.25, 0.3) is 10.6 Å². The number of nitrogens with zero attached hydrogens (tertiary/aromatic N) is 2. The fourth-order valence-corrected chi connectivity index (χ4v) is 3.54. The number of thiophene rings is 1. The third-order valence-corrected chi connectivity index (χ3v) is 4.96. The molecule has 6 nitrogen and oxygen atoms in total. The van der Waals surface area contributed by atoms with E-state index in [0.717, 1.165) is 22.0 Å². The van der Waals surface area contributed by atoms with Gasteiger partial charge in [0, 0.05) is 13.1 Å². The molecule has 2 aromatic heterocycles. The molecule has 1 N–H and O–H groups in total. The Balaban J connectivity index is 1.59. The number of amides is 1. The molecule has 0 radical (unpaired) electrons. The molecule has 0 spiro atoms. The van der Waals surface area contributed by atoms with Crippen LogP contribution in [0.2, 0.25) is 0 Å². The molecule has 1 amide bonds. The predicted molar refractivity (Wildman–Crippen MR) is 95.8 cm³/mol. The van der Waals surface area contributed by atoms with Crippen molar-refractivity contribution in [2.75, 3.05) is 18.5 Å². The SMILES string of the molecule is CNC(=O)[C@H]1CN(Cc2cc(-c3cccs3)on2)c2ccccc2O1. The normalized spacial score (nSPS) is 16.2. The van der Waals surface area contributed by atoms with E-state index in [0.29, 0.717) is 18.8 Å². The van der Waals surface area contributed by atoms with Gasteiger partial charge in [-0.1, -0.05) is 23.4 Å². The Morgan fingerprint density at radius 2 is 2.24 bits per heavy atom. The maximum atomic E-state index is 12.0. The molecular formula is C18H17N3O3S. The number of benzene rings is 1. The van der Waals surface area contributed by atoms with Crippen molar-refractivity contribution in [1.29, 1.82) is 0 Å². The lowest BCUT2D eigenvalue weighted by Crippen LogP contribution is -2.47. The minimum atomic E-state index is -0.552. The van der Waals surface area contributed by atoms with Crippen LogP contribution < -0.4 is 15.0 Å². The second-order valence-corrected chi connectivity index (χ2v) is 6.68. The maximum Gasteiger partial charge on any atom is 0.262 e. The molecule has 0 saturated heterocycles. The van der Waals surface area contributed by atoms with E-state index in [9.17, 15) is 4.79 Å². The van der Waals surface area contributed by atoms with Gasteiger partial charge in [-0.3, -0.25) is 4.79 Å². The van der Waals surface area contributed by atoms with Crippen molar-refractivity contribution in [3.63, 3.8) is 0 Å². The smallest absolute Gasteiger partial charge is 0.262 e. The first-order valence-electron chi connectivity index (χ1n) is 7.96. The average Bonchev–Trinajstić information content (AvgIpc) is 3.32. The molecule has 0 aliphatic carbocycles. The number of nitrogens with one attached hydrogen (secondary N) is 1. The van der Waals surface area contributed by atoms with E-state index in [-0.39, 0.29) is 5.91 Å². The van der Waals surface area contributed by atoms with Gasteiger partial charge in [0.15, 0.2) is 11.9 Å². The zero-order valence-electron chi connectivity index (χ0n) is 13.6. The summed E-state index contributed by atoms with van der Waals surface area (Å²) in [7, 11) is 1.61. The molecular weight excluding hydrogens is 338 g/mol. The summed E-state index contributed by atoms with van der Waals surface area (Å²) < 4.78 is 11.3. The highest BCUT2D eigenvalue weighted by Gasteiger charge is 2.30. The number of likely N-dealkylation sites (N-methyl/N-ethyl adjacent to an activating group) is 1. The molecule has 3 heterocycles. The van der Waals surface area contributed by atoms with Crippen LogP contribution in [0, 0.1) is 0 Å². The van der Waals surface area contributed by atoms with Crippen LogP contribution >= 0.6 is 11.3 Å². The minimum absolute atomic E-state index is 0.140. The van der Waals surface area contributed by atoms with Crippen molar-refractivity contribution in [2.45, 2.75) is 12.6 Å². The summed E-state index contributed by atoms with van der Waals surface area (Å²) in [5.74, 6) is 1.32. The van der Waals surface area contributed by atoms with Gasteiger partial charge >= 0.3 is 0 Å². The minimum Gasteiger partial charge on any atom is -0.477 e. The fourth-order valence-electron chi connectivity index (χ4n) is 2.87. The van der Waals surface area contributed by atoms with Gasteiger partial charge in [-0.05, 0) is 23.6 Å². The lowest BCUT2D eigenvalue weighted by Gasteiger charge is -2.34. The number of carbonyl (C=O) groups excluding carboxylic acids is 1. The van der Waals surface area contributed by atoms with Crippen molar-refractivity contribution in [3.05, 3.63) is 53.5 Å². The van der Waals surface area contributed by atoms with Crippen LogP contribution in [0.4, 0.5) is 5.69 Å². The molecule has 7 heteroatoms. The first-order chi connectivity index (χ1) is 12.2. The summed E-state index contributed by atoms with van der Waals surface area (Å²) in [5, 5.41) is 8.83. The molecule has 3 aromatic rings. The molecule has 25 heavy (non-hydrogen) atoms. The molecule has 0 saturated carbocycles. The number of aromatic nitrogens is 1. The first kappa shape index (κ1) is 15.7. The quantitative estimate of drug-likeness (QED) is 0.779. The lowest BCUT2D eigenvalue weighted by atomic mass is 10.1. The van der Waals surface area contributed by atoms with Crippen LogP contribution in [-0.4, -0.2) is 30.8 Å². The predicted octanol–water partition coefficient (Wildman–Crippen LogP) is 2.92. The van der Waals surface area contributed by atoms with Gasteiger partial charge in [0.1, 0.15) is 11.4 Å². The summed E-state index contributed by atoms with van der Waals surface area (Å²) in [6.07, 6.45) is -0.552. The lowest BCUT2D eigenvalue weighted by molar-refractivity contribution is -0.127. The van der Waals surface area contributed by atoms with Crippen LogP contribution in [0.5, 0.6) is 5.75 Å². The second kappa shape index (κ2) is 6.60. The highest BCUT2D eigenvalue weighted by molar-refractivity contribution is 7.13. The molecule has 0 fully saturated rings. The molecule has 0 bridgehead atoms. The molecule has 0 unspecified atom stereocenters. The summed E-state index contributed by atoms with van der Waals surface area (Å²) >= 11 is 1.61. The van der Waals surface area contributed by atoms with Crippen molar-refractivity contribution >= 4 is 22.9 Å². The molecule has 4 rings (SSSR count). The molecule has 1 aliphatic rings. The van der Waals surface area contributed by atoms with Crippen LogP contribution in [0.15, 0.2) is 52.4 Å². The summed E-state index contributed by atoms with van der Waals surface area (Å²) in [5.41, 5.74) is 1.76. The van der Waals surface area contributed by atoms with Crippen LogP contribution in [0.3, 0.4) is 0 Å². The molecule has 1 aliphatic heterocycles. The zero-order valence-corrected chi connectivity index (χ0v) is 14.5. The van der Waals surface area contributed by atoms with Gasteiger partial charge in [0.05, 0.1) is 23.7 Å². The van der Waals surface area contributed by atoms with Gasteiger partial charge in [-0.2, -0.15) is 0 Å². The summed E-state index contributed by atoms with van der Waals surface area (Å²) in [6.45, 7) is 1.00. The number of anilines is 1. The number of rotatable bonds is 4. The second-order valence-electron chi connectivity index (χ2n) is 5.73. The Labute approximate surface area is 149 Å². The largest absolute Gasteiger partial charge is 0.477 e. The summed E-state index contributed by atoms with van der Waals surface area (Å²) in [4.78, 5) is 15.2. The maximum absolute atomic E-state index is 12.0. The number of ether oxygens (including phenoxy) is 1. The number of carbonyl (C=O) groups is 1. The van der Waals surface area contributed by atoms with E-state index >= 15 is 0 Å². The van der Waals surface area contributed by atoms with Crippen LogP contribution in [-0.2, 0) is 11.3 Å². The monoisotopic (exact) mass is 355 g/mol. The van der Waals surface area contributed by atoms with Crippen LogP contribution in [0.1, 0.15) is 5.69 Å². The van der Waals surface area contributed by atoms with Gasteiger partial charge in [0.25, 0.3) is 5.91 Å². The van der Waals surface area contributed by atoms with E-state index in [1.54, 1.807) is 18.4 Å². The number of hydrogen-bond acceptors (Lipinski definition) is 6. The van der Waals surface area contributed by atoms with Gasteiger partial charge in [-0.25, -0.2) is 0 Å². The Hall–Kier alpha value is -2.80. The van der Waals surface area contributed by atoms with Gasteiger partial charge in [0.2, 0.25) is 0 Å². The third-order valence-electron chi connectivity index (χ3n) is 4.08. The Morgan fingerprint density at radius 3 is 3.04 bits per heavy atom. The average molecular weight is 355 g/mol. The third kappa shape index (κ3) is 3.10. The van der Waals surface area contributed by atoms with Gasteiger partial charge in [-0.15, -0.1) is 11.3 Å². The van der Waals surface area contributed by atoms with Crippen molar-refractivity contribution < 1.29 is 14.1 Å². The number of fused-ring (bicyclic) bond motifs is 1. The highest BCUT2D eigenvalue weighted by Crippen LogP contribution is 2.34. The Morgan fingerprint density at radius 1 is 1.36 bits per heavy atom. The number of hydrogen-bond donors (Lipinski definition) is 1. The fraction of sp³-hybridized carbons (Fsp3) is 0.222. The number of para-hydroxylation sites is 2. The molecule has 128 valence electrons. The van der Waals surface area contributed by atoms with E-state index in [1.807, 2.05) is 47.8 Å². The molecule has 1 atom stereocenters. The van der Waals surface area contributed by atoms with E-state index in [1.165, 1.54) is 0 Å². The zero-order chi connectivity index (χ0) is 17.2. The summed E-state index contributed by atoms with van der Waals surface area (Å²) in [6, 6.07) is 13.6. The highest BCUT2D eigenvalue weighted by atomic mass is 32.1. The van der Waals surface area contributed by atoms with Gasteiger partial charge < -0.3 is 19.5 Å². The van der Waals surface area contributed by atoms with Crippen molar-refractivity contribution in [1.82, 2.24) is 10.5 Å². The van der Waals surface area contributed by atoms with E-state index in [2.05, 4.69) is 15.4 Å². The van der Waals surface area contributed by atoms with Crippen molar-refractivity contribution in [2.24, 2.45) is 0 Å². The first-order valence-corrected chi connectivity index (χ1v) is 8.84.